The van der Waals surface area contributed by atoms with Crippen LogP contribution in [0.2, 0.25) is 5.02 Å². The summed E-state index contributed by atoms with van der Waals surface area (Å²) in [7, 11) is -2.30. The lowest BCUT2D eigenvalue weighted by Gasteiger charge is -2.17. The van der Waals surface area contributed by atoms with Crippen molar-refractivity contribution in [3.63, 3.8) is 0 Å². The van der Waals surface area contributed by atoms with Crippen LogP contribution in [0, 0.1) is 0 Å². The lowest BCUT2D eigenvalue weighted by atomic mass is 10.2. The second-order valence-electron chi connectivity index (χ2n) is 4.40. The standard InChI is InChI=1S/C12H16BrClN2O3S/c1-3-4-5-16(2)12(17)8-6-9(14)11(13)10(7-8)20(15,18)19/h6-7H,3-5H2,1-2H3,(H2,15,18,19). The number of nitrogens with zero attached hydrogens (tertiary/aromatic N) is 1. The molecule has 1 aromatic rings. The second-order valence-corrected chi connectivity index (χ2v) is 7.13. The van der Waals surface area contributed by atoms with Gasteiger partial charge in [-0.1, -0.05) is 24.9 Å². The Labute approximate surface area is 132 Å². The number of amides is 1. The lowest BCUT2D eigenvalue weighted by molar-refractivity contribution is 0.0793. The first kappa shape index (κ1) is 17.4. The van der Waals surface area contributed by atoms with Crippen molar-refractivity contribution in [3.05, 3.63) is 27.2 Å². The number of primary sulfonamides is 1. The van der Waals surface area contributed by atoms with Crippen LogP contribution in [0.25, 0.3) is 0 Å². The molecule has 1 amide bonds. The molecule has 5 nitrogen and oxygen atoms in total. The van der Waals surface area contributed by atoms with Gasteiger partial charge in [-0.05, 0) is 34.5 Å². The number of sulfonamides is 1. The molecule has 0 bridgehead atoms. The van der Waals surface area contributed by atoms with Crippen molar-refractivity contribution in [2.24, 2.45) is 5.14 Å². The van der Waals surface area contributed by atoms with Crippen LogP contribution in [0.5, 0.6) is 0 Å². The first-order valence-electron chi connectivity index (χ1n) is 5.95. The SMILES string of the molecule is CCCCN(C)C(=O)c1cc(Cl)c(Br)c(S(N)(=O)=O)c1. The van der Waals surface area contributed by atoms with Crippen LogP contribution in [0.1, 0.15) is 30.1 Å². The van der Waals surface area contributed by atoms with Gasteiger partial charge in [-0.2, -0.15) is 0 Å². The summed E-state index contributed by atoms with van der Waals surface area (Å²) in [5.74, 6) is -0.294. The molecule has 0 aliphatic rings. The lowest BCUT2D eigenvalue weighted by Crippen LogP contribution is -2.28. The van der Waals surface area contributed by atoms with Gasteiger partial charge in [0.05, 0.1) is 14.4 Å². The van der Waals surface area contributed by atoms with Crippen LogP contribution < -0.4 is 5.14 Å². The van der Waals surface area contributed by atoms with E-state index in [2.05, 4.69) is 15.9 Å². The van der Waals surface area contributed by atoms with Gasteiger partial charge >= 0.3 is 0 Å². The highest BCUT2D eigenvalue weighted by atomic mass is 79.9. The Balaban J connectivity index is 3.21. The van der Waals surface area contributed by atoms with Crippen LogP contribution in [0.15, 0.2) is 21.5 Å². The minimum Gasteiger partial charge on any atom is -0.342 e. The fraction of sp³-hybridized carbons (Fsp3) is 0.417. The number of unbranched alkanes of at least 4 members (excludes halogenated alkanes) is 1. The van der Waals surface area contributed by atoms with Gasteiger partial charge in [-0.3, -0.25) is 4.79 Å². The van der Waals surface area contributed by atoms with Gasteiger partial charge in [0, 0.05) is 19.2 Å². The topological polar surface area (TPSA) is 80.5 Å². The molecule has 0 unspecified atom stereocenters. The summed E-state index contributed by atoms with van der Waals surface area (Å²) in [5, 5.41) is 5.24. The Bertz CT molecular complexity index is 619. The van der Waals surface area contributed by atoms with Gasteiger partial charge in [-0.25, -0.2) is 13.6 Å². The monoisotopic (exact) mass is 382 g/mol. The molecule has 0 atom stereocenters. The summed E-state index contributed by atoms with van der Waals surface area (Å²) in [5.41, 5.74) is 0.195. The fourth-order valence-corrected chi connectivity index (χ4v) is 3.44. The largest absolute Gasteiger partial charge is 0.342 e. The van der Waals surface area contributed by atoms with E-state index in [1.54, 1.807) is 7.05 Å². The minimum atomic E-state index is -3.96. The third kappa shape index (κ3) is 4.18. The first-order chi connectivity index (χ1) is 9.18. The van der Waals surface area contributed by atoms with Gasteiger partial charge in [0.2, 0.25) is 10.0 Å². The molecule has 0 spiro atoms. The molecular formula is C12H16BrClN2O3S. The Morgan fingerprint density at radius 3 is 2.55 bits per heavy atom. The molecule has 0 saturated heterocycles. The number of hydrogen-bond donors (Lipinski definition) is 1. The molecule has 0 radical (unpaired) electrons. The van der Waals surface area contributed by atoms with Crippen molar-refractivity contribution < 1.29 is 13.2 Å². The van der Waals surface area contributed by atoms with Crippen molar-refractivity contribution in [1.82, 2.24) is 4.90 Å². The summed E-state index contributed by atoms with van der Waals surface area (Å²) in [6.07, 6.45) is 1.83. The van der Waals surface area contributed by atoms with E-state index >= 15 is 0 Å². The van der Waals surface area contributed by atoms with Gasteiger partial charge < -0.3 is 4.90 Å². The first-order valence-corrected chi connectivity index (χ1v) is 8.67. The van der Waals surface area contributed by atoms with Gasteiger partial charge in [-0.15, -0.1) is 0 Å². The maximum atomic E-state index is 12.2. The molecule has 0 heterocycles. The summed E-state index contributed by atoms with van der Waals surface area (Å²) in [4.78, 5) is 13.5. The smallest absolute Gasteiger partial charge is 0.253 e. The molecule has 112 valence electrons. The highest BCUT2D eigenvalue weighted by Crippen LogP contribution is 2.31. The maximum absolute atomic E-state index is 12.2. The molecule has 0 aliphatic heterocycles. The molecule has 2 N–H and O–H groups in total. The Hall–Kier alpha value is -0.630. The van der Waals surface area contributed by atoms with Crippen LogP contribution in [-0.2, 0) is 10.0 Å². The van der Waals surface area contributed by atoms with Crippen molar-refractivity contribution in [2.75, 3.05) is 13.6 Å². The van der Waals surface area contributed by atoms with E-state index in [0.29, 0.717) is 6.54 Å². The number of carbonyl (C=O) groups excluding carboxylic acids is 1. The second kappa shape index (κ2) is 6.89. The van der Waals surface area contributed by atoms with E-state index < -0.39 is 10.0 Å². The number of carbonyl (C=O) groups is 1. The van der Waals surface area contributed by atoms with E-state index in [9.17, 15) is 13.2 Å². The Kier molecular flexibility index (Phi) is 6.00. The van der Waals surface area contributed by atoms with Crippen LogP contribution in [-0.4, -0.2) is 32.8 Å². The Morgan fingerprint density at radius 2 is 2.05 bits per heavy atom. The average Bonchev–Trinajstić information content (AvgIpc) is 2.36. The quantitative estimate of drug-likeness (QED) is 0.848. The van der Waals surface area contributed by atoms with Crippen molar-refractivity contribution in [1.29, 1.82) is 0 Å². The number of hydrogen-bond acceptors (Lipinski definition) is 3. The highest BCUT2D eigenvalue weighted by molar-refractivity contribution is 9.10. The minimum absolute atomic E-state index is 0.128. The molecule has 0 fully saturated rings. The zero-order chi connectivity index (χ0) is 15.5. The van der Waals surface area contributed by atoms with Gasteiger partial charge in [0.15, 0.2) is 0 Å². The highest BCUT2D eigenvalue weighted by Gasteiger charge is 2.20. The zero-order valence-corrected chi connectivity index (χ0v) is 14.3. The average molecular weight is 384 g/mol. The van der Waals surface area contributed by atoms with E-state index in [1.807, 2.05) is 6.92 Å². The molecule has 1 aromatic carbocycles. The van der Waals surface area contributed by atoms with E-state index in [4.69, 9.17) is 16.7 Å². The van der Waals surface area contributed by atoms with Crippen molar-refractivity contribution in [2.45, 2.75) is 24.7 Å². The predicted octanol–water partition coefficient (Wildman–Crippen LogP) is 2.62. The molecule has 0 aromatic heterocycles. The number of rotatable bonds is 5. The number of halogens is 2. The maximum Gasteiger partial charge on any atom is 0.253 e. The summed E-state index contributed by atoms with van der Waals surface area (Å²) >= 11 is 9.00. The van der Waals surface area contributed by atoms with E-state index in [0.717, 1.165) is 12.8 Å². The summed E-state index contributed by atoms with van der Waals surface area (Å²) in [6, 6.07) is 2.65. The fourth-order valence-electron chi connectivity index (χ4n) is 1.61. The molecule has 8 heteroatoms. The number of nitrogens with two attached hydrogens (primary N) is 1. The molecule has 0 aliphatic carbocycles. The van der Waals surface area contributed by atoms with Crippen LogP contribution in [0.4, 0.5) is 0 Å². The summed E-state index contributed by atoms with van der Waals surface area (Å²) in [6.45, 7) is 2.61. The molecule has 1 rings (SSSR count). The predicted molar refractivity (Wildman–Crippen MR) is 82.4 cm³/mol. The molecular weight excluding hydrogens is 368 g/mol. The number of benzene rings is 1. The normalized spacial score (nSPS) is 11.4. The van der Waals surface area contributed by atoms with Crippen molar-refractivity contribution >= 4 is 43.5 Å². The molecule has 20 heavy (non-hydrogen) atoms. The van der Waals surface area contributed by atoms with Crippen LogP contribution >= 0.6 is 27.5 Å². The third-order valence-corrected chi connectivity index (χ3v) is 5.32. The van der Waals surface area contributed by atoms with Crippen LogP contribution in [0.3, 0.4) is 0 Å². The zero-order valence-electron chi connectivity index (χ0n) is 11.2. The van der Waals surface area contributed by atoms with E-state index in [-0.39, 0.29) is 25.9 Å². The van der Waals surface area contributed by atoms with E-state index in [1.165, 1.54) is 17.0 Å². The van der Waals surface area contributed by atoms with Gasteiger partial charge in [0.25, 0.3) is 5.91 Å². The Morgan fingerprint density at radius 1 is 1.45 bits per heavy atom. The van der Waals surface area contributed by atoms with Crippen molar-refractivity contribution in [3.8, 4) is 0 Å². The third-order valence-electron chi connectivity index (χ3n) is 2.74. The van der Waals surface area contributed by atoms with Gasteiger partial charge in [0.1, 0.15) is 0 Å². The molecule has 0 saturated carbocycles. The summed E-state index contributed by atoms with van der Waals surface area (Å²) < 4.78 is 23.1.